The van der Waals surface area contributed by atoms with Crippen LogP contribution in [0.25, 0.3) is 22.1 Å². The van der Waals surface area contributed by atoms with Gasteiger partial charge in [0.2, 0.25) is 0 Å². The molecule has 4 aromatic rings. The normalized spacial score (nSPS) is 11.1. The van der Waals surface area contributed by atoms with Crippen LogP contribution in [0.1, 0.15) is 5.76 Å². The van der Waals surface area contributed by atoms with Gasteiger partial charge in [0.1, 0.15) is 11.5 Å². The van der Waals surface area contributed by atoms with Crippen molar-refractivity contribution >= 4 is 28.5 Å². The highest BCUT2D eigenvalue weighted by Gasteiger charge is 2.08. The second-order valence-electron chi connectivity index (χ2n) is 5.66. The van der Waals surface area contributed by atoms with E-state index in [1.807, 2.05) is 24.3 Å². The number of non-ortho nitro benzene ring substituents is 1. The van der Waals surface area contributed by atoms with Crippen LogP contribution in [-0.4, -0.2) is 21.3 Å². The smallest absolute Gasteiger partial charge is 0.269 e. The van der Waals surface area contributed by atoms with Crippen LogP contribution >= 0.6 is 0 Å². The van der Waals surface area contributed by atoms with E-state index >= 15 is 0 Å². The number of nitro groups is 1. The average Bonchev–Trinajstić information content (AvgIpc) is 3.17. The van der Waals surface area contributed by atoms with E-state index in [1.54, 1.807) is 30.5 Å². The lowest BCUT2D eigenvalue weighted by Gasteiger charge is -2.02. The first-order valence-corrected chi connectivity index (χ1v) is 8.05. The third-order valence-electron chi connectivity index (χ3n) is 3.92. The van der Waals surface area contributed by atoms with Gasteiger partial charge in [0.05, 0.1) is 17.3 Å². The minimum Gasteiger partial charge on any atom is -0.455 e. The second kappa shape index (κ2) is 7.04. The Morgan fingerprint density at radius 2 is 1.89 bits per heavy atom. The molecule has 0 saturated carbocycles. The molecule has 2 heterocycles. The van der Waals surface area contributed by atoms with Gasteiger partial charge in [-0.2, -0.15) is 10.2 Å². The van der Waals surface area contributed by atoms with Crippen LogP contribution in [0.3, 0.4) is 0 Å². The Morgan fingerprint density at radius 3 is 2.70 bits per heavy atom. The predicted octanol–water partition coefficient (Wildman–Crippen LogP) is 4.24. The number of nitro benzene ring substituents is 1. The van der Waals surface area contributed by atoms with Crippen molar-refractivity contribution < 1.29 is 9.34 Å². The molecule has 2 aromatic carbocycles. The summed E-state index contributed by atoms with van der Waals surface area (Å²) in [5, 5.41) is 24.7. The topological polar surface area (TPSA) is 106 Å². The monoisotopic (exact) mass is 359 g/mol. The van der Waals surface area contributed by atoms with Gasteiger partial charge in [-0.05, 0) is 24.3 Å². The van der Waals surface area contributed by atoms with Crippen molar-refractivity contribution in [3.05, 3.63) is 82.7 Å². The predicted molar refractivity (Wildman–Crippen MR) is 102 cm³/mol. The summed E-state index contributed by atoms with van der Waals surface area (Å²) >= 11 is 0. The van der Waals surface area contributed by atoms with Gasteiger partial charge < -0.3 is 4.42 Å². The number of rotatable bonds is 5. The second-order valence-corrected chi connectivity index (χ2v) is 5.66. The summed E-state index contributed by atoms with van der Waals surface area (Å²) < 4.78 is 5.70. The summed E-state index contributed by atoms with van der Waals surface area (Å²) in [7, 11) is 0. The summed E-state index contributed by atoms with van der Waals surface area (Å²) in [5.41, 5.74) is 3.64. The van der Waals surface area contributed by atoms with Crippen LogP contribution in [0.15, 0.2) is 76.4 Å². The molecule has 0 bridgehead atoms. The molecule has 0 spiro atoms. The minimum atomic E-state index is -0.439. The van der Waals surface area contributed by atoms with Gasteiger partial charge in [-0.25, -0.2) is 0 Å². The quantitative estimate of drug-likeness (QED) is 0.324. The highest BCUT2D eigenvalue weighted by molar-refractivity contribution is 5.91. The van der Waals surface area contributed by atoms with Crippen LogP contribution in [0, 0.1) is 10.1 Å². The fourth-order valence-electron chi connectivity index (χ4n) is 2.59. The molecule has 0 radical (unpaired) electrons. The number of hydrazone groups is 1. The van der Waals surface area contributed by atoms with Crippen LogP contribution in [-0.2, 0) is 0 Å². The molecule has 0 aliphatic heterocycles. The maximum absolute atomic E-state index is 10.7. The Bertz CT molecular complexity index is 1130. The van der Waals surface area contributed by atoms with Crippen molar-refractivity contribution in [2.75, 3.05) is 5.43 Å². The van der Waals surface area contributed by atoms with Crippen LogP contribution < -0.4 is 5.43 Å². The van der Waals surface area contributed by atoms with Crippen molar-refractivity contribution in [3.63, 3.8) is 0 Å². The van der Waals surface area contributed by atoms with Crippen molar-refractivity contribution in [1.82, 2.24) is 10.2 Å². The fraction of sp³-hybridized carbons (Fsp3) is 0. The first-order valence-electron chi connectivity index (χ1n) is 8.05. The number of hydrogen-bond donors (Lipinski definition) is 1. The van der Waals surface area contributed by atoms with Crippen LogP contribution in [0.5, 0.6) is 0 Å². The van der Waals surface area contributed by atoms with Gasteiger partial charge in [0.25, 0.3) is 5.69 Å². The molecule has 0 aliphatic rings. The van der Waals surface area contributed by atoms with Crippen molar-refractivity contribution in [2.24, 2.45) is 5.10 Å². The number of hydrogen-bond acceptors (Lipinski definition) is 7. The number of furan rings is 1. The molecule has 0 aliphatic carbocycles. The number of nitrogens with one attached hydrogen (secondary N) is 1. The average molecular weight is 359 g/mol. The molecule has 0 amide bonds. The van der Waals surface area contributed by atoms with Crippen molar-refractivity contribution in [1.29, 1.82) is 0 Å². The first kappa shape index (κ1) is 16.4. The van der Waals surface area contributed by atoms with Gasteiger partial charge in [0.15, 0.2) is 5.82 Å². The number of aromatic nitrogens is 2. The highest BCUT2D eigenvalue weighted by atomic mass is 16.6. The molecule has 8 nitrogen and oxygen atoms in total. The third-order valence-corrected chi connectivity index (χ3v) is 3.92. The van der Waals surface area contributed by atoms with E-state index in [4.69, 9.17) is 4.42 Å². The molecule has 0 saturated heterocycles. The van der Waals surface area contributed by atoms with Gasteiger partial charge in [0, 0.05) is 28.5 Å². The molecular formula is C19H13N5O3. The molecule has 27 heavy (non-hydrogen) atoms. The van der Waals surface area contributed by atoms with E-state index in [1.165, 1.54) is 18.3 Å². The zero-order chi connectivity index (χ0) is 18.6. The van der Waals surface area contributed by atoms with Gasteiger partial charge in [-0.3, -0.25) is 15.5 Å². The maximum Gasteiger partial charge on any atom is 0.269 e. The highest BCUT2D eigenvalue weighted by Crippen LogP contribution is 2.24. The SMILES string of the molecule is O=[N+]([O-])c1ccc(-c2ccc(/C=N\Nc3nncc4ccccc34)o2)cc1. The van der Waals surface area contributed by atoms with E-state index in [-0.39, 0.29) is 5.69 Å². The summed E-state index contributed by atoms with van der Waals surface area (Å²) in [6.07, 6.45) is 3.21. The van der Waals surface area contributed by atoms with E-state index in [0.717, 1.165) is 16.3 Å². The Kier molecular flexibility index (Phi) is 4.28. The molecular weight excluding hydrogens is 346 g/mol. The summed E-state index contributed by atoms with van der Waals surface area (Å²) in [5.74, 6) is 1.67. The lowest BCUT2D eigenvalue weighted by molar-refractivity contribution is -0.384. The molecule has 0 atom stereocenters. The number of benzene rings is 2. The standard InChI is InChI=1S/C19H13N5O3/c25-24(26)15-7-5-13(6-8-15)18-10-9-16(27-18)12-21-23-19-17-4-2-1-3-14(17)11-20-22-19/h1-12H,(H,22,23)/b21-12-. The number of anilines is 1. The van der Waals surface area contributed by atoms with Gasteiger partial charge >= 0.3 is 0 Å². The van der Waals surface area contributed by atoms with Gasteiger partial charge in [-0.15, -0.1) is 5.10 Å². The van der Waals surface area contributed by atoms with E-state index in [2.05, 4.69) is 20.7 Å². The lowest BCUT2D eigenvalue weighted by atomic mass is 10.1. The summed E-state index contributed by atoms with van der Waals surface area (Å²) in [4.78, 5) is 10.3. The van der Waals surface area contributed by atoms with Crippen LogP contribution in [0.4, 0.5) is 11.5 Å². The first-order chi connectivity index (χ1) is 13.2. The molecule has 0 unspecified atom stereocenters. The maximum atomic E-state index is 10.7. The Hall–Kier alpha value is -4.07. The molecule has 132 valence electrons. The molecule has 8 heteroatoms. The Labute approximate surface area is 153 Å². The molecule has 2 aromatic heterocycles. The number of fused-ring (bicyclic) bond motifs is 1. The van der Waals surface area contributed by atoms with E-state index in [0.29, 0.717) is 17.3 Å². The summed E-state index contributed by atoms with van der Waals surface area (Å²) in [6, 6.07) is 17.4. The minimum absolute atomic E-state index is 0.0347. The molecule has 1 N–H and O–H groups in total. The van der Waals surface area contributed by atoms with E-state index in [9.17, 15) is 10.1 Å². The van der Waals surface area contributed by atoms with E-state index < -0.39 is 4.92 Å². The molecule has 4 rings (SSSR count). The van der Waals surface area contributed by atoms with Crippen molar-refractivity contribution in [3.8, 4) is 11.3 Å². The summed E-state index contributed by atoms with van der Waals surface area (Å²) in [6.45, 7) is 0. The van der Waals surface area contributed by atoms with Gasteiger partial charge in [-0.1, -0.05) is 24.3 Å². The fourth-order valence-corrected chi connectivity index (χ4v) is 2.59. The Balaban J connectivity index is 1.49. The zero-order valence-electron chi connectivity index (χ0n) is 13.9. The van der Waals surface area contributed by atoms with Crippen molar-refractivity contribution in [2.45, 2.75) is 0 Å². The zero-order valence-corrected chi connectivity index (χ0v) is 13.9. The lowest BCUT2D eigenvalue weighted by Crippen LogP contribution is -1.96. The molecule has 0 fully saturated rings. The Morgan fingerprint density at radius 1 is 1.07 bits per heavy atom. The van der Waals surface area contributed by atoms with Crippen LogP contribution in [0.2, 0.25) is 0 Å². The number of nitrogens with zero attached hydrogens (tertiary/aromatic N) is 4. The largest absolute Gasteiger partial charge is 0.455 e. The third kappa shape index (κ3) is 3.49.